The van der Waals surface area contributed by atoms with E-state index in [1.54, 1.807) is 29.0 Å². The average Bonchev–Trinajstić information content (AvgIpc) is 3.50. The van der Waals surface area contributed by atoms with Crippen LogP contribution in [-0.2, 0) is 4.79 Å². The number of nitrogens with zero attached hydrogens (tertiary/aromatic N) is 3. The number of hydrogen-bond donors (Lipinski definition) is 2. The molecule has 41 heavy (non-hydrogen) atoms. The van der Waals surface area contributed by atoms with E-state index in [1.165, 1.54) is 38.6 Å². The fourth-order valence-electron chi connectivity index (χ4n) is 4.98. The van der Waals surface area contributed by atoms with Crippen LogP contribution >= 0.6 is 23.2 Å². The van der Waals surface area contributed by atoms with Crippen molar-refractivity contribution in [2.75, 3.05) is 24.9 Å². The molecule has 212 valence electrons. The monoisotopic (exact) mass is 597 g/mol. The number of methoxy groups -OCH3 is 2. The first-order valence-electron chi connectivity index (χ1n) is 12.7. The third kappa shape index (κ3) is 5.20. The topological polar surface area (TPSA) is 107 Å². The molecule has 0 aliphatic carbocycles. The van der Waals surface area contributed by atoms with Gasteiger partial charge in [-0.1, -0.05) is 43.1 Å². The molecule has 5 rings (SSSR count). The summed E-state index contributed by atoms with van der Waals surface area (Å²) in [6.45, 7) is 3.98. The Morgan fingerprint density at radius 1 is 1.17 bits per heavy atom. The Labute approximate surface area is 245 Å². The number of fused-ring (bicyclic) bond motifs is 1. The van der Waals surface area contributed by atoms with E-state index in [0.717, 1.165) is 0 Å². The molecule has 2 amide bonds. The highest BCUT2D eigenvalue weighted by Gasteiger charge is 2.39. The second-order valence-corrected chi connectivity index (χ2v) is 10.4. The average molecular weight is 598 g/mol. The van der Waals surface area contributed by atoms with Crippen LogP contribution in [0.15, 0.2) is 48.8 Å². The van der Waals surface area contributed by atoms with Gasteiger partial charge in [0.05, 0.1) is 37.6 Å². The van der Waals surface area contributed by atoms with Crippen molar-refractivity contribution in [2.24, 2.45) is 0 Å². The van der Waals surface area contributed by atoms with E-state index in [9.17, 15) is 14.0 Å². The van der Waals surface area contributed by atoms with Crippen molar-refractivity contribution in [3.8, 4) is 17.6 Å². The molecule has 2 N–H and O–H groups in total. The molecule has 4 aromatic rings. The lowest BCUT2D eigenvalue weighted by Crippen LogP contribution is -2.20. The largest absolute Gasteiger partial charge is 0.479 e. The molecule has 0 bridgehead atoms. The van der Waals surface area contributed by atoms with Gasteiger partial charge in [-0.05, 0) is 48.2 Å². The molecule has 12 heteroatoms. The quantitative estimate of drug-likeness (QED) is 0.237. The molecule has 2 unspecified atom stereocenters. The van der Waals surface area contributed by atoms with Crippen LogP contribution in [0, 0.1) is 5.82 Å². The molecule has 1 aliphatic heterocycles. The van der Waals surface area contributed by atoms with Crippen molar-refractivity contribution >= 4 is 46.4 Å². The van der Waals surface area contributed by atoms with Crippen molar-refractivity contribution in [3.05, 3.63) is 87.0 Å². The molecule has 0 saturated heterocycles. The van der Waals surface area contributed by atoms with Gasteiger partial charge in [0.1, 0.15) is 11.5 Å². The summed E-state index contributed by atoms with van der Waals surface area (Å²) in [7, 11) is 2.89. The van der Waals surface area contributed by atoms with Gasteiger partial charge < -0.3 is 24.7 Å². The summed E-state index contributed by atoms with van der Waals surface area (Å²) in [5.41, 5.74) is 2.80. The molecule has 2 aromatic heterocycles. The number of carbonyl (C=O) groups is 2. The molecule has 0 spiro atoms. The van der Waals surface area contributed by atoms with E-state index >= 15 is 0 Å². The number of nitrogens with one attached hydrogen (secondary N) is 2. The Morgan fingerprint density at radius 3 is 2.61 bits per heavy atom. The van der Waals surface area contributed by atoms with Crippen LogP contribution in [0.3, 0.4) is 0 Å². The number of anilines is 2. The standard InChI is InChI=1S/C29H26Cl2FN5O4/c1-5-14(2)25-23(24-17-8-6-15(30)10-20(17)34-27(24)39)18(26(38)35-21-11-16(31)7-9-19(21)32)13-37(25)22-12-33-29(41-4)36-28(22)40-3/h6-14,24H,5H2,1-4H3,(H,34,39)(H,35,38). The van der Waals surface area contributed by atoms with E-state index < -0.39 is 17.6 Å². The first-order valence-corrected chi connectivity index (χ1v) is 13.5. The van der Waals surface area contributed by atoms with E-state index in [1.807, 2.05) is 13.8 Å². The minimum Gasteiger partial charge on any atom is -0.479 e. The van der Waals surface area contributed by atoms with Crippen LogP contribution in [0.4, 0.5) is 15.8 Å². The third-order valence-corrected chi connectivity index (χ3v) is 7.54. The van der Waals surface area contributed by atoms with E-state index in [0.29, 0.717) is 39.6 Å². The highest BCUT2D eigenvalue weighted by Crippen LogP contribution is 2.45. The van der Waals surface area contributed by atoms with Gasteiger partial charge in [-0.2, -0.15) is 4.98 Å². The number of halogens is 3. The molecule has 2 atom stereocenters. The number of carbonyl (C=O) groups excluding carboxylic acids is 2. The lowest BCUT2D eigenvalue weighted by molar-refractivity contribution is -0.116. The number of rotatable bonds is 8. The summed E-state index contributed by atoms with van der Waals surface area (Å²) in [5, 5.41) is 6.22. The Morgan fingerprint density at radius 2 is 1.90 bits per heavy atom. The summed E-state index contributed by atoms with van der Waals surface area (Å²) in [5.74, 6) is -2.43. The number of hydrogen-bond acceptors (Lipinski definition) is 6. The molecule has 9 nitrogen and oxygen atoms in total. The SMILES string of the molecule is CCC(C)c1c(C2C(=O)Nc3cc(Cl)ccc32)c(C(=O)Nc2cc(Cl)ccc2F)cn1-c1cnc(OC)nc1OC. The maximum absolute atomic E-state index is 14.6. The molecule has 1 aliphatic rings. The summed E-state index contributed by atoms with van der Waals surface area (Å²) >= 11 is 12.3. The van der Waals surface area contributed by atoms with Gasteiger partial charge in [0.2, 0.25) is 11.8 Å². The lowest BCUT2D eigenvalue weighted by atomic mass is 9.86. The van der Waals surface area contributed by atoms with Gasteiger partial charge in [-0.15, -0.1) is 0 Å². The smallest absolute Gasteiger partial charge is 0.319 e. The Kier molecular flexibility index (Phi) is 7.88. The molecule has 2 aromatic carbocycles. The predicted octanol–water partition coefficient (Wildman–Crippen LogP) is 6.58. The van der Waals surface area contributed by atoms with Crippen LogP contribution in [0.2, 0.25) is 10.0 Å². The Hall–Kier alpha value is -4.15. The van der Waals surface area contributed by atoms with Crippen LogP contribution in [-0.4, -0.2) is 40.6 Å². The van der Waals surface area contributed by atoms with Crippen molar-refractivity contribution in [2.45, 2.75) is 32.1 Å². The number of amides is 2. The second kappa shape index (κ2) is 11.4. The zero-order valence-corrected chi connectivity index (χ0v) is 24.1. The van der Waals surface area contributed by atoms with E-state index in [2.05, 4.69) is 20.6 Å². The molecule has 0 radical (unpaired) electrons. The maximum atomic E-state index is 14.6. The highest BCUT2D eigenvalue weighted by atomic mass is 35.5. The first-order chi connectivity index (χ1) is 19.7. The third-order valence-electron chi connectivity index (χ3n) is 7.07. The normalized spacial score (nSPS) is 14.8. The highest BCUT2D eigenvalue weighted by molar-refractivity contribution is 6.31. The zero-order chi connectivity index (χ0) is 29.4. The summed E-state index contributed by atoms with van der Waals surface area (Å²) in [4.78, 5) is 36.0. The van der Waals surface area contributed by atoms with Crippen LogP contribution in [0.1, 0.15) is 59.3 Å². The lowest BCUT2D eigenvalue weighted by Gasteiger charge is -2.20. The van der Waals surface area contributed by atoms with E-state index in [4.69, 9.17) is 32.7 Å². The number of ether oxygens (including phenoxy) is 2. The van der Waals surface area contributed by atoms with E-state index in [-0.39, 0.29) is 40.0 Å². The van der Waals surface area contributed by atoms with Crippen LogP contribution in [0.5, 0.6) is 11.9 Å². The van der Waals surface area contributed by atoms with Crippen molar-refractivity contribution in [3.63, 3.8) is 0 Å². The summed E-state index contributed by atoms with van der Waals surface area (Å²) in [6.07, 6.45) is 3.77. The van der Waals surface area contributed by atoms with Gasteiger partial charge in [-0.25, -0.2) is 9.37 Å². The second-order valence-electron chi connectivity index (χ2n) is 9.50. The van der Waals surface area contributed by atoms with Gasteiger partial charge in [-0.3, -0.25) is 9.59 Å². The zero-order valence-electron chi connectivity index (χ0n) is 22.6. The Balaban J connectivity index is 1.78. The van der Waals surface area contributed by atoms with Gasteiger partial charge in [0, 0.05) is 33.2 Å². The number of benzene rings is 2. The maximum Gasteiger partial charge on any atom is 0.319 e. The summed E-state index contributed by atoms with van der Waals surface area (Å²) in [6, 6.07) is 9.08. The van der Waals surface area contributed by atoms with Gasteiger partial charge in [0.15, 0.2) is 0 Å². The van der Waals surface area contributed by atoms with Crippen molar-refractivity contribution < 1.29 is 23.5 Å². The molecular formula is C29H26Cl2FN5O4. The van der Waals surface area contributed by atoms with Crippen LogP contribution < -0.4 is 20.1 Å². The fourth-order valence-corrected chi connectivity index (χ4v) is 5.32. The minimum absolute atomic E-state index is 0.0958. The van der Waals surface area contributed by atoms with Gasteiger partial charge >= 0.3 is 6.01 Å². The Bertz CT molecular complexity index is 1680. The van der Waals surface area contributed by atoms with Gasteiger partial charge in [0.25, 0.3) is 5.91 Å². The minimum atomic E-state index is -0.859. The summed E-state index contributed by atoms with van der Waals surface area (Å²) < 4.78 is 27.1. The predicted molar refractivity (Wildman–Crippen MR) is 154 cm³/mol. The molecule has 3 heterocycles. The molecule has 0 fully saturated rings. The molecule has 0 saturated carbocycles. The fraction of sp³-hybridized carbons (Fsp3) is 0.241. The molecular weight excluding hydrogens is 572 g/mol. The van der Waals surface area contributed by atoms with Crippen molar-refractivity contribution in [1.29, 1.82) is 0 Å². The number of aromatic nitrogens is 3. The van der Waals surface area contributed by atoms with Crippen molar-refractivity contribution in [1.82, 2.24) is 14.5 Å². The first kappa shape index (κ1) is 28.4. The van der Waals surface area contributed by atoms with Crippen LogP contribution in [0.25, 0.3) is 5.69 Å².